The Kier molecular flexibility index (Phi) is 4.39. The minimum atomic E-state index is -0.633. The average Bonchev–Trinajstić information content (AvgIpc) is 2.72. The van der Waals surface area contributed by atoms with Gasteiger partial charge in [0, 0.05) is 22.8 Å². The van der Waals surface area contributed by atoms with Gasteiger partial charge in [-0.15, -0.1) is 0 Å². The fraction of sp³-hybridized carbons (Fsp3) is 0.167. The van der Waals surface area contributed by atoms with Gasteiger partial charge in [-0.1, -0.05) is 22.9 Å². The predicted molar refractivity (Wildman–Crippen MR) is 80.1 cm³/mol. The highest BCUT2D eigenvalue weighted by atomic mass is 35.5. The molecule has 1 aromatic carbocycles. The van der Waals surface area contributed by atoms with Crippen molar-refractivity contribution in [2.24, 2.45) is 0 Å². The van der Waals surface area contributed by atoms with Gasteiger partial charge in [0.25, 0.3) is 5.69 Å². The van der Waals surface area contributed by atoms with Gasteiger partial charge in [0.1, 0.15) is 11.6 Å². The van der Waals surface area contributed by atoms with Crippen LogP contribution in [0.4, 0.5) is 11.4 Å². The van der Waals surface area contributed by atoms with Gasteiger partial charge >= 0.3 is 4.87 Å². The standard InChI is InChI=1S/C12H10ClN3O4S/c1-7-6-21-12(18)15(7)5-11(17)14-8-2-3-9(13)10(4-8)16(19)20/h2-4,6H,5H2,1H3,(H,14,17). The van der Waals surface area contributed by atoms with Crippen molar-refractivity contribution in [3.63, 3.8) is 0 Å². The second-order valence-corrected chi connectivity index (χ2v) is 5.43. The molecule has 0 fully saturated rings. The van der Waals surface area contributed by atoms with Crippen molar-refractivity contribution in [3.8, 4) is 0 Å². The molecule has 0 atom stereocenters. The molecule has 0 bridgehead atoms. The zero-order chi connectivity index (χ0) is 15.6. The maximum atomic E-state index is 11.9. The van der Waals surface area contributed by atoms with Gasteiger partial charge in [-0.25, -0.2) is 0 Å². The molecule has 1 aromatic heterocycles. The smallest absolute Gasteiger partial charge is 0.307 e. The van der Waals surface area contributed by atoms with E-state index in [-0.39, 0.29) is 27.8 Å². The van der Waals surface area contributed by atoms with Crippen LogP contribution in [0.1, 0.15) is 5.69 Å². The number of nitrogens with one attached hydrogen (secondary N) is 1. The fourth-order valence-electron chi connectivity index (χ4n) is 1.67. The van der Waals surface area contributed by atoms with Crippen molar-refractivity contribution >= 4 is 40.2 Å². The number of carbonyl (C=O) groups excluding carboxylic acids is 1. The number of halogens is 1. The molecule has 9 heteroatoms. The topological polar surface area (TPSA) is 94.2 Å². The molecule has 0 saturated carbocycles. The van der Waals surface area contributed by atoms with Gasteiger partial charge in [0.2, 0.25) is 5.91 Å². The third-order valence-corrected chi connectivity index (χ3v) is 3.91. The number of rotatable bonds is 4. The van der Waals surface area contributed by atoms with Crippen LogP contribution in [-0.2, 0) is 11.3 Å². The summed E-state index contributed by atoms with van der Waals surface area (Å²) in [5.41, 5.74) is 0.637. The molecule has 0 unspecified atom stereocenters. The molecule has 1 heterocycles. The van der Waals surface area contributed by atoms with E-state index in [0.717, 1.165) is 11.3 Å². The summed E-state index contributed by atoms with van der Waals surface area (Å²) in [6, 6.07) is 3.96. The molecule has 2 rings (SSSR count). The lowest BCUT2D eigenvalue weighted by molar-refractivity contribution is -0.384. The second kappa shape index (κ2) is 6.06. The molecule has 0 aliphatic carbocycles. The maximum Gasteiger partial charge on any atom is 0.307 e. The highest BCUT2D eigenvalue weighted by Crippen LogP contribution is 2.27. The Bertz CT molecular complexity index is 768. The number of carbonyl (C=O) groups is 1. The first-order valence-electron chi connectivity index (χ1n) is 5.77. The van der Waals surface area contributed by atoms with Crippen LogP contribution in [0.25, 0.3) is 0 Å². The van der Waals surface area contributed by atoms with Gasteiger partial charge in [-0.05, 0) is 19.1 Å². The number of aromatic nitrogens is 1. The summed E-state index contributed by atoms with van der Waals surface area (Å²) in [5, 5.41) is 14.9. The Morgan fingerprint density at radius 3 is 2.81 bits per heavy atom. The average molecular weight is 328 g/mol. The summed E-state index contributed by atoms with van der Waals surface area (Å²) in [4.78, 5) is 33.3. The summed E-state index contributed by atoms with van der Waals surface area (Å²) < 4.78 is 1.32. The van der Waals surface area contributed by atoms with Crippen LogP contribution in [0.3, 0.4) is 0 Å². The van der Waals surface area contributed by atoms with Gasteiger partial charge in [-0.3, -0.25) is 24.3 Å². The minimum Gasteiger partial charge on any atom is -0.324 e. The van der Waals surface area contributed by atoms with Crippen molar-refractivity contribution in [2.45, 2.75) is 13.5 Å². The fourth-order valence-corrected chi connectivity index (χ4v) is 2.59. The highest BCUT2D eigenvalue weighted by molar-refractivity contribution is 7.07. The van der Waals surface area contributed by atoms with E-state index in [1.807, 2.05) is 0 Å². The third kappa shape index (κ3) is 3.47. The number of thiazole rings is 1. The summed E-state index contributed by atoms with van der Waals surface area (Å²) in [6.07, 6.45) is 0. The van der Waals surface area contributed by atoms with E-state index in [9.17, 15) is 19.7 Å². The molecule has 0 aliphatic heterocycles. The number of nitrogens with zero attached hydrogens (tertiary/aromatic N) is 2. The lowest BCUT2D eigenvalue weighted by Crippen LogP contribution is -2.25. The number of amides is 1. The number of hydrogen-bond acceptors (Lipinski definition) is 5. The molecule has 2 aromatic rings. The Balaban J connectivity index is 2.15. The summed E-state index contributed by atoms with van der Waals surface area (Å²) in [5.74, 6) is -0.449. The number of benzene rings is 1. The van der Waals surface area contributed by atoms with E-state index in [2.05, 4.69) is 5.32 Å². The quantitative estimate of drug-likeness (QED) is 0.689. The van der Waals surface area contributed by atoms with E-state index in [1.165, 1.54) is 22.8 Å². The van der Waals surface area contributed by atoms with E-state index in [4.69, 9.17) is 11.6 Å². The van der Waals surface area contributed by atoms with Gasteiger partial charge in [0.15, 0.2) is 0 Å². The number of anilines is 1. The number of hydrogen-bond donors (Lipinski definition) is 1. The van der Waals surface area contributed by atoms with Crippen molar-refractivity contribution in [1.29, 1.82) is 0 Å². The number of nitro benzene ring substituents is 1. The molecule has 1 amide bonds. The third-order valence-electron chi connectivity index (χ3n) is 2.70. The zero-order valence-corrected chi connectivity index (χ0v) is 12.4. The molecule has 0 saturated heterocycles. The van der Waals surface area contributed by atoms with Gasteiger partial charge in [0.05, 0.1) is 4.92 Å². The molecule has 0 spiro atoms. The molecule has 1 N–H and O–H groups in total. The summed E-state index contributed by atoms with van der Waals surface area (Å²) in [6.45, 7) is 1.57. The molecule has 0 radical (unpaired) electrons. The maximum absolute atomic E-state index is 11.9. The SMILES string of the molecule is Cc1csc(=O)n1CC(=O)Nc1ccc(Cl)c([N+](=O)[O-])c1. The van der Waals surface area contributed by atoms with Crippen LogP contribution in [0, 0.1) is 17.0 Å². The van der Waals surface area contributed by atoms with Crippen LogP contribution in [0.15, 0.2) is 28.4 Å². The van der Waals surface area contributed by atoms with Crippen molar-refractivity contribution in [1.82, 2.24) is 4.57 Å². The Morgan fingerprint density at radius 2 is 2.24 bits per heavy atom. The Hall–Kier alpha value is -2.19. The molecule has 7 nitrogen and oxygen atoms in total. The van der Waals surface area contributed by atoms with E-state index >= 15 is 0 Å². The second-order valence-electron chi connectivity index (χ2n) is 4.20. The Labute approximate surface area is 127 Å². The van der Waals surface area contributed by atoms with Crippen LogP contribution < -0.4 is 10.2 Å². The van der Waals surface area contributed by atoms with E-state index in [0.29, 0.717) is 5.69 Å². The van der Waals surface area contributed by atoms with Crippen LogP contribution in [0.5, 0.6) is 0 Å². The molecule has 110 valence electrons. The lowest BCUT2D eigenvalue weighted by atomic mass is 10.2. The Morgan fingerprint density at radius 1 is 1.52 bits per heavy atom. The lowest BCUT2D eigenvalue weighted by Gasteiger charge is -2.07. The number of nitro groups is 1. The van der Waals surface area contributed by atoms with Crippen LogP contribution in [-0.4, -0.2) is 15.4 Å². The first-order chi connectivity index (χ1) is 9.88. The van der Waals surface area contributed by atoms with Gasteiger partial charge in [-0.2, -0.15) is 0 Å². The van der Waals surface area contributed by atoms with Crippen molar-refractivity contribution < 1.29 is 9.72 Å². The van der Waals surface area contributed by atoms with Crippen LogP contribution in [0.2, 0.25) is 5.02 Å². The molecule has 0 aliphatic rings. The monoisotopic (exact) mass is 327 g/mol. The summed E-state index contributed by atoms with van der Waals surface area (Å²) >= 11 is 6.69. The largest absolute Gasteiger partial charge is 0.324 e. The van der Waals surface area contributed by atoms with Crippen LogP contribution >= 0.6 is 22.9 Å². The zero-order valence-electron chi connectivity index (χ0n) is 10.8. The number of aryl methyl sites for hydroxylation is 1. The van der Waals surface area contributed by atoms with E-state index < -0.39 is 10.8 Å². The normalized spacial score (nSPS) is 10.4. The molecular formula is C12H10ClN3O4S. The van der Waals surface area contributed by atoms with Gasteiger partial charge < -0.3 is 5.32 Å². The highest BCUT2D eigenvalue weighted by Gasteiger charge is 2.14. The first-order valence-corrected chi connectivity index (χ1v) is 7.03. The first kappa shape index (κ1) is 15.2. The summed E-state index contributed by atoms with van der Waals surface area (Å²) in [7, 11) is 0. The van der Waals surface area contributed by atoms with Crippen molar-refractivity contribution in [2.75, 3.05) is 5.32 Å². The molecule has 21 heavy (non-hydrogen) atoms. The van der Waals surface area contributed by atoms with Crippen molar-refractivity contribution in [3.05, 3.63) is 54.1 Å². The molecular weight excluding hydrogens is 318 g/mol. The predicted octanol–water partition coefficient (Wildman–Crippen LogP) is 2.42. The van der Waals surface area contributed by atoms with E-state index in [1.54, 1.807) is 12.3 Å². The minimum absolute atomic E-state index is 0.0112.